The highest BCUT2D eigenvalue weighted by atomic mass is 19.4. The molecule has 0 radical (unpaired) electrons. The van der Waals surface area contributed by atoms with E-state index in [1.807, 2.05) is 0 Å². The molecule has 1 atom stereocenters. The molecule has 1 unspecified atom stereocenters. The maximum atomic E-state index is 13.0. The Kier molecular flexibility index (Phi) is 3.38. The molecule has 18 heavy (non-hydrogen) atoms. The zero-order chi connectivity index (χ0) is 13.4. The van der Waals surface area contributed by atoms with Crippen LogP contribution in [0.5, 0.6) is 0 Å². The van der Waals surface area contributed by atoms with Crippen LogP contribution < -0.4 is 0 Å². The van der Waals surface area contributed by atoms with E-state index in [9.17, 15) is 18.3 Å². The van der Waals surface area contributed by atoms with Gasteiger partial charge in [-0.05, 0) is 30.4 Å². The van der Waals surface area contributed by atoms with Crippen molar-refractivity contribution in [1.82, 2.24) is 0 Å². The van der Waals surface area contributed by atoms with Crippen molar-refractivity contribution >= 4 is 0 Å². The third-order valence-electron chi connectivity index (χ3n) is 3.32. The Hall–Kier alpha value is -1.07. The Morgan fingerprint density at radius 1 is 1.22 bits per heavy atom. The van der Waals surface area contributed by atoms with E-state index in [1.165, 1.54) is 25.3 Å². The highest BCUT2D eigenvalue weighted by molar-refractivity contribution is 5.36. The molecule has 1 aromatic rings. The summed E-state index contributed by atoms with van der Waals surface area (Å²) in [5.41, 5.74) is -2.40. The molecule has 5 heteroatoms. The highest BCUT2D eigenvalue weighted by Crippen LogP contribution is 2.48. The molecule has 0 amide bonds. The van der Waals surface area contributed by atoms with Gasteiger partial charge in [-0.1, -0.05) is 18.2 Å². The average molecular weight is 260 g/mol. The van der Waals surface area contributed by atoms with E-state index < -0.39 is 17.3 Å². The largest absolute Gasteiger partial charge is 0.416 e. The second-order valence-electron chi connectivity index (χ2n) is 4.67. The first-order chi connectivity index (χ1) is 8.39. The van der Waals surface area contributed by atoms with E-state index in [-0.39, 0.29) is 18.1 Å². The lowest BCUT2D eigenvalue weighted by atomic mass is 9.86. The van der Waals surface area contributed by atoms with Gasteiger partial charge in [0, 0.05) is 7.11 Å². The van der Waals surface area contributed by atoms with Crippen molar-refractivity contribution < 1.29 is 23.0 Å². The van der Waals surface area contributed by atoms with Crippen LogP contribution in [0, 0.1) is 5.92 Å². The van der Waals surface area contributed by atoms with Crippen LogP contribution in [0.2, 0.25) is 0 Å². The minimum Gasteiger partial charge on any atom is -0.382 e. The van der Waals surface area contributed by atoms with Crippen molar-refractivity contribution in [2.75, 3.05) is 13.7 Å². The normalized spacial score (nSPS) is 19.6. The van der Waals surface area contributed by atoms with E-state index in [1.54, 1.807) is 0 Å². The summed E-state index contributed by atoms with van der Waals surface area (Å²) in [6.07, 6.45) is -3.01. The molecule has 0 aliphatic heterocycles. The number of hydrogen-bond donors (Lipinski definition) is 1. The van der Waals surface area contributed by atoms with Crippen molar-refractivity contribution in [2.45, 2.75) is 24.6 Å². The quantitative estimate of drug-likeness (QED) is 0.901. The fourth-order valence-corrected chi connectivity index (χ4v) is 2.30. The fourth-order valence-electron chi connectivity index (χ4n) is 2.30. The highest BCUT2D eigenvalue weighted by Gasteiger charge is 2.49. The summed E-state index contributed by atoms with van der Waals surface area (Å²) in [6.45, 7) is -0.120. The van der Waals surface area contributed by atoms with Crippen LogP contribution >= 0.6 is 0 Å². The van der Waals surface area contributed by atoms with Gasteiger partial charge in [-0.3, -0.25) is 0 Å². The molecule has 1 aliphatic carbocycles. The van der Waals surface area contributed by atoms with Gasteiger partial charge in [-0.2, -0.15) is 13.2 Å². The molecule has 0 heterocycles. The SMILES string of the molecule is COCC(O)(c1ccccc1C(F)(F)F)C1CC1. The molecule has 0 aromatic heterocycles. The number of hydrogen-bond acceptors (Lipinski definition) is 2. The van der Waals surface area contributed by atoms with Gasteiger partial charge in [0.2, 0.25) is 0 Å². The zero-order valence-corrected chi connectivity index (χ0v) is 10.00. The van der Waals surface area contributed by atoms with E-state index in [2.05, 4.69) is 0 Å². The number of methoxy groups -OCH3 is 1. The maximum Gasteiger partial charge on any atom is 0.416 e. The maximum absolute atomic E-state index is 13.0. The van der Waals surface area contributed by atoms with Crippen LogP contribution in [0.3, 0.4) is 0 Å². The van der Waals surface area contributed by atoms with Crippen LogP contribution in [0.15, 0.2) is 24.3 Å². The number of halogens is 3. The molecule has 1 saturated carbocycles. The molecule has 0 spiro atoms. The number of aliphatic hydroxyl groups is 1. The molecule has 0 bridgehead atoms. The summed E-state index contributed by atoms with van der Waals surface area (Å²) >= 11 is 0. The zero-order valence-electron chi connectivity index (χ0n) is 10.00. The summed E-state index contributed by atoms with van der Waals surface area (Å²) in [4.78, 5) is 0. The van der Waals surface area contributed by atoms with Crippen molar-refractivity contribution in [3.63, 3.8) is 0 Å². The minimum atomic E-state index is -4.47. The van der Waals surface area contributed by atoms with Gasteiger partial charge in [-0.25, -0.2) is 0 Å². The fraction of sp³-hybridized carbons (Fsp3) is 0.538. The van der Waals surface area contributed by atoms with Crippen molar-refractivity contribution in [2.24, 2.45) is 5.92 Å². The smallest absolute Gasteiger partial charge is 0.382 e. The van der Waals surface area contributed by atoms with Crippen LogP contribution in [0.1, 0.15) is 24.0 Å². The Morgan fingerprint density at radius 2 is 1.78 bits per heavy atom. The minimum absolute atomic E-state index is 0.0816. The number of benzene rings is 1. The molecule has 0 saturated heterocycles. The van der Waals surface area contributed by atoms with Crippen LogP contribution in [-0.4, -0.2) is 18.8 Å². The molecule has 2 rings (SSSR count). The summed E-state index contributed by atoms with van der Waals surface area (Å²) in [5.74, 6) is -0.152. The Bertz CT molecular complexity index is 426. The third kappa shape index (κ3) is 2.37. The topological polar surface area (TPSA) is 29.5 Å². The molecular weight excluding hydrogens is 245 g/mol. The van der Waals surface area contributed by atoms with Gasteiger partial charge in [0.1, 0.15) is 5.60 Å². The second kappa shape index (κ2) is 4.55. The molecule has 1 fully saturated rings. The van der Waals surface area contributed by atoms with Gasteiger partial charge < -0.3 is 9.84 Å². The van der Waals surface area contributed by atoms with E-state index in [0.717, 1.165) is 18.9 Å². The Labute approximate surface area is 103 Å². The first-order valence-electron chi connectivity index (χ1n) is 5.77. The van der Waals surface area contributed by atoms with E-state index in [4.69, 9.17) is 4.74 Å². The van der Waals surface area contributed by atoms with Crippen LogP contribution in [-0.2, 0) is 16.5 Å². The number of rotatable bonds is 4. The van der Waals surface area contributed by atoms with Gasteiger partial charge in [0.05, 0.1) is 12.2 Å². The summed E-state index contributed by atoms with van der Waals surface area (Å²) in [6, 6.07) is 5.17. The monoisotopic (exact) mass is 260 g/mol. The predicted octanol–water partition coefficient (Wildman–Crippen LogP) is 2.95. The van der Waals surface area contributed by atoms with Crippen molar-refractivity contribution in [3.05, 3.63) is 35.4 Å². The van der Waals surface area contributed by atoms with Gasteiger partial charge in [0.15, 0.2) is 0 Å². The Balaban J connectivity index is 2.48. The number of alkyl halides is 3. The van der Waals surface area contributed by atoms with Crippen molar-refractivity contribution in [3.8, 4) is 0 Å². The van der Waals surface area contributed by atoms with Gasteiger partial charge in [0.25, 0.3) is 0 Å². The summed E-state index contributed by atoms with van der Waals surface area (Å²) < 4.78 is 43.8. The van der Waals surface area contributed by atoms with E-state index >= 15 is 0 Å². The lowest BCUT2D eigenvalue weighted by Crippen LogP contribution is -2.36. The number of ether oxygens (including phenoxy) is 1. The lowest BCUT2D eigenvalue weighted by Gasteiger charge is -2.30. The predicted molar refractivity (Wildman–Crippen MR) is 59.9 cm³/mol. The third-order valence-corrected chi connectivity index (χ3v) is 3.32. The standard InChI is InChI=1S/C13H15F3O2/c1-18-8-12(17,9-6-7-9)10-4-2-3-5-11(10)13(14,15)16/h2-5,9,17H,6-8H2,1H3. The molecule has 1 aromatic carbocycles. The van der Waals surface area contributed by atoms with Crippen LogP contribution in [0.4, 0.5) is 13.2 Å². The Morgan fingerprint density at radius 3 is 2.22 bits per heavy atom. The molecule has 1 aliphatic rings. The second-order valence-corrected chi connectivity index (χ2v) is 4.67. The molecule has 1 N–H and O–H groups in total. The first kappa shape index (κ1) is 13.4. The van der Waals surface area contributed by atoms with Crippen molar-refractivity contribution in [1.29, 1.82) is 0 Å². The summed E-state index contributed by atoms with van der Waals surface area (Å²) in [7, 11) is 1.38. The van der Waals surface area contributed by atoms with Gasteiger partial charge >= 0.3 is 6.18 Å². The molecular formula is C13H15F3O2. The summed E-state index contributed by atoms with van der Waals surface area (Å²) in [5, 5.41) is 10.5. The van der Waals surface area contributed by atoms with E-state index in [0.29, 0.717) is 0 Å². The molecule has 100 valence electrons. The average Bonchev–Trinajstić information content (AvgIpc) is 3.12. The lowest BCUT2D eigenvalue weighted by molar-refractivity contribution is -0.142. The van der Waals surface area contributed by atoms with Crippen LogP contribution in [0.25, 0.3) is 0 Å². The first-order valence-corrected chi connectivity index (χ1v) is 5.77. The molecule has 2 nitrogen and oxygen atoms in total. The van der Waals surface area contributed by atoms with Gasteiger partial charge in [-0.15, -0.1) is 0 Å².